The Kier molecular flexibility index (Phi) is 6.37. The van der Waals surface area contributed by atoms with Gasteiger partial charge in [-0.3, -0.25) is 0 Å². The number of hydrogen-bond donors (Lipinski definition) is 1. The van der Waals surface area contributed by atoms with Gasteiger partial charge >= 0.3 is 0 Å². The molecule has 0 fully saturated rings. The molecule has 1 atom stereocenters. The van der Waals surface area contributed by atoms with Crippen LogP contribution in [-0.2, 0) is 0 Å². The van der Waals surface area contributed by atoms with E-state index in [9.17, 15) is 0 Å². The van der Waals surface area contributed by atoms with Crippen molar-refractivity contribution in [2.45, 2.75) is 19.3 Å². The van der Waals surface area contributed by atoms with E-state index in [0.717, 1.165) is 11.0 Å². The Bertz CT molecular complexity index is 273. The number of thioether (sulfide) groups is 1. The summed E-state index contributed by atoms with van der Waals surface area (Å²) >= 11 is 5.43. The van der Waals surface area contributed by atoms with Crippen molar-refractivity contribution in [1.82, 2.24) is 0 Å². The van der Waals surface area contributed by atoms with Crippen molar-refractivity contribution in [3.8, 4) is 0 Å². The number of nitrogens with two attached hydrogens (primary N) is 1. The standard InChI is InChI=1S/C12H18BrNS/c1-2-15-8-7-11(9-14)10-3-5-12(13)6-4-10/h3-6,11H,2,7-9,14H2,1H3. The highest BCUT2D eigenvalue weighted by Crippen LogP contribution is 2.22. The van der Waals surface area contributed by atoms with Gasteiger partial charge in [0.2, 0.25) is 0 Å². The fourth-order valence-electron chi connectivity index (χ4n) is 1.53. The lowest BCUT2D eigenvalue weighted by molar-refractivity contribution is 0.680. The molecule has 1 aromatic rings. The van der Waals surface area contributed by atoms with E-state index in [0.29, 0.717) is 5.92 Å². The molecular weight excluding hydrogens is 270 g/mol. The zero-order valence-electron chi connectivity index (χ0n) is 9.08. The van der Waals surface area contributed by atoms with Crippen LogP contribution in [0.25, 0.3) is 0 Å². The Balaban J connectivity index is 2.53. The van der Waals surface area contributed by atoms with Gasteiger partial charge in [0.15, 0.2) is 0 Å². The van der Waals surface area contributed by atoms with Gasteiger partial charge in [0.1, 0.15) is 0 Å². The van der Waals surface area contributed by atoms with Crippen molar-refractivity contribution >= 4 is 27.7 Å². The van der Waals surface area contributed by atoms with Gasteiger partial charge in [-0.05, 0) is 48.1 Å². The number of halogens is 1. The lowest BCUT2D eigenvalue weighted by Crippen LogP contribution is -2.13. The maximum Gasteiger partial charge on any atom is 0.0175 e. The van der Waals surface area contributed by atoms with Crippen LogP contribution in [0.5, 0.6) is 0 Å². The molecule has 0 saturated heterocycles. The van der Waals surface area contributed by atoms with Crippen LogP contribution in [0, 0.1) is 0 Å². The molecule has 15 heavy (non-hydrogen) atoms. The molecule has 0 aliphatic carbocycles. The zero-order chi connectivity index (χ0) is 11.1. The number of hydrogen-bond acceptors (Lipinski definition) is 2. The van der Waals surface area contributed by atoms with Gasteiger partial charge in [-0.25, -0.2) is 0 Å². The van der Waals surface area contributed by atoms with Crippen LogP contribution >= 0.6 is 27.7 Å². The smallest absolute Gasteiger partial charge is 0.0175 e. The summed E-state index contributed by atoms with van der Waals surface area (Å²) in [6.45, 7) is 2.94. The van der Waals surface area contributed by atoms with Crippen molar-refractivity contribution in [1.29, 1.82) is 0 Å². The molecule has 1 nitrogen and oxygen atoms in total. The summed E-state index contributed by atoms with van der Waals surface area (Å²) < 4.78 is 1.13. The molecular formula is C12H18BrNS. The van der Waals surface area contributed by atoms with E-state index < -0.39 is 0 Å². The third kappa shape index (κ3) is 4.58. The molecule has 3 heteroatoms. The van der Waals surface area contributed by atoms with Crippen LogP contribution < -0.4 is 5.73 Å². The summed E-state index contributed by atoms with van der Waals surface area (Å²) in [5.41, 5.74) is 7.16. The molecule has 0 aliphatic heterocycles. The van der Waals surface area contributed by atoms with E-state index in [1.54, 1.807) is 0 Å². The first-order chi connectivity index (χ1) is 7.27. The maximum absolute atomic E-state index is 5.80. The van der Waals surface area contributed by atoms with Crippen LogP contribution in [0.1, 0.15) is 24.8 Å². The van der Waals surface area contributed by atoms with Gasteiger partial charge in [0, 0.05) is 4.47 Å². The van der Waals surface area contributed by atoms with E-state index in [-0.39, 0.29) is 0 Å². The normalized spacial score (nSPS) is 12.7. The predicted molar refractivity (Wildman–Crippen MR) is 73.6 cm³/mol. The van der Waals surface area contributed by atoms with Gasteiger partial charge in [-0.2, -0.15) is 11.8 Å². The average molecular weight is 288 g/mol. The van der Waals surface area contributed by atoms with Gasteiger partial charge in [0.05, 0.1) is 0 Å². The molecule has 2 N–H and O–H groups in total. The summed E-state index contributed by atoms with van der Waals surface area (Å²) in [6, 6.07) is 8.51. The highest BCUT2D eigenvalue weighted by Gasteiger charge is 2.08. The van der Waals surface area contributed by atoms with Crippen molar-refractivity contribution in [2.75, 3.05) is 18.1 Å². The van der Waals surface area contributed by atoms with Gasteiger partial charge in [-0.15, -0.1) is 0 Å². The fraction of sp³-hybridized carbons (Fsp3) is 0.500. The Morgan fingerprint density at radius 3 is 2.53 bits per heavy atom. The maximum atomic E-state index is 5.80. The summed E-state index contributed by atoms with van der Waals surface area (Å²) in [5.74, 6) is 2.91. The van der Waals surface area contributed by atoms with E-state index >= 15 is 0 Å². The Hall–Kier alpha value is 0.01000. The summed E-state index contributed by atoms with van der Waals surface area (Å²) in [6.07, 6.45) is 1.18. The first-order valence-electron chi connectivity index (χ1n) is 5.31. The second-order valence-electron chi connectivity index (χ2n) is 3.47. The lowest BCUT2D eigenvalue weighted by Gasteiger charge is -2.14. The zero-order valence-corrected chi connectivity index (χ0v) is 11.5. The van der Waals surface area contributed by atoms with Crippen LogP contribution in [0.2, 0.25) is 0 Å². The third-order valence-corrected chi connectivity index (χ3v) is 3.90. The van der Waals surface area contributed by atoms with Crippen LogP contribution in [0.4, 0.5) is 0 Å². The van der Waals surface area contributed by atoms with Crippen LogP contribution in [0.3, 0.4) is 0 Å². The third-order valence-electron chi connectivity index (χ3n) is 2.44. The lowest BCUT2D eigenvalue weighted by atomic mass is 9.97. The molecule has 0 amide bonds. The Morgan fingerprint density at radius 2 is 2.00 bits per heavy atom. The minimum absolute atomic E-state index is 0.511. The molecule has 1 unspecified atom stereocenters. The van der Waals surface area contributed by atoms with E-state index in [1.165, 1.54) is 23.5 Å². The van der Waals surface area contributed by atoms with Gasteiger partial charge in [-0.1, -0.05) is 35.0 Å². The quantitative estimate of drug-likeness (QED) is 0.809. The largest absolute Gasteiger partial charge is 0.330 e. The van der Waals surface area contributed by atoms with Gasteiger partial charge < -0.3 is 5.73 Å². The molecule has 0 spiro atoms. The number of benzene rings is 1. The fourth-order valence-corrected chi connectivity index (χ4v) is 2.53. The molecule has 0 aromatic heterocycles. The minimum atomic E-state index is 0.511. The predicted octanol–water partition coefficient (Wildman–Crippen LogP) is 3.63. The second kappa shape index (κ2) is 7.31. The molecule has 0 aliphatic rings. The first-order valence-corrected chi connectivity index (χ1v) is 7.26. The molecule has 84 valence electrons. The summed E-state index contributed by atoms with van der Waals surface area (Å²) in [5, 5.41) is 0. The van der Waals surface area contributed by atoms with Gasteiger partial charge in [0.25, 0.3) is 0 Å². The monoisotopic (exact) mass is 287 g/mol. The van der Waals surface area contributed by atoms with Crippen LogP contribution in [0.15, 0.2) is 28.7 Å². The molecule has 1 aromatic carbocycles. The highest BCUT2D eigenvalue weighted by atomic mass is 79.9. The molecule has 0 bridgehead atoms. The molecule has 0 heterocycles. The van der Waals surface area contributed by atoms with E-state index in [2.05, 4.69) is 47.1 Å². The molecule has 1 rings (SSSR count). The van der Waals surface area contributed by atoms with E-state index in [1.807, 2.05) is 11.8 Å². The van der Waals surface area contributed by atoms with Crippen molar-refractivity contribution in [3.05, 3.63) is 34.3 Å². The summed E-state index contributed by atoms with van der Waals surface area (Å²) in [4.78, 5) is 0. The van der Waals surface area contributed by atoms with Crippen molar-refractivity contribution in [2.24, 2.45) is 5.73 Å². The molecule has 0 radical (unpaired) electrons. The topological polar surface area (TPSA) is 26.0 Å². The highest BCUT2D eigenvalue weighted by molar-refractivity contribution is 9.10. The van der Waals surface area contributed by atoms with E-state index in [4.69, 9.17) is 5.73 Å². The Morgan fingerprint density at radius 1 is 1.33 bits per heavy atom. The Labute approximate surface area is 105 Å². The average Bonchev–Trinajstić information content (AvgIpc) is 2.26. The summed E-state index contributed by atoms with van der Waals surface area (Å²) in [7, 11) is 0. The first kappa shape index (κ1) is 13.1. The second-order valence-corrected chi connectivity index (χ2v) is 5.78. The van der Waals surface area contributed by atoms with Crippen molar-refractivity contribution in [3.63, 3.8) is 0 Å². The van der Waals surface area contributed by atoms with Crippen LogP contribution in [-0.4, -0.2) is 18.1 Å². The SMILES string of the molecule is CCSCCC(CN)c1ccc(Br)cc1. The van der Waals surface area contributed by atoms with Crippen molar-refractivity contribution < 1.29 is 0 Å². The number of rotatable bonds is 6. The minimum Gasteiger partial charge on any atom is -0.330 e. The molecule has 0 saturated carbocycles.